The highest BCUT2D eigenvalue weighted by Gasteiger charge is 2.73. The Hall–Kier alpha value is -1.53. The van der Waals surface area contributed by atoms with Crippen molar-refractivity contribution in [3.05, 3.63) is 22.4 Å². The van der Waals surface area contributed by atoms with Crippen LogP contribution < -0.4 is 0 Å². The van der Waals surface area contributed by atoms with Gasteiger partial charge in [-0.25, -0.2) is 9.97 Å². The monoisotopic (exact) mass is 335 g/mol. The van der Waals surface area contributed by atoms with Crippen LogP contribution in [0.25, 0.3) is 10.2 Å². The molecule has 3 heterocycles. The third kappa shape index (κ3) is 1.65. The molecule has 22 heavy (non-hydrogen) atoms. The number of imide groups is 1. The van der Waals surface area contributed by atoms with Crippen molar-refractivity contribution in [1.82, 2.24) is 14.9 Å². The molecule has 3 atom stereocenters. The second kappa shape index (κ2) is 4.26. The molecule has 0 bridgehead atoms. The number of carbonyl (C=O) groups is 2. The van der Waals surface area contributed by atoms with Crippen molar-refractivity contribution in [3.63, 3.8) is 0 Å². The highest BCUT2D eigenvalue weighted by molar-refractivity contribution is 7.19. The van der Waals surface area contributed by atoms with Crippen LogP contribution in [0.15, 0.2) is 12.4 Å². The van der Waals surface area contributed by atoms with Gasteiger partial charge in [-0.1, -0.05) is 25.4 Å². The molecule has 2 aliphatic rings. The van der Waals surface area contributed by atoms with Crippen LogP contribution >= 0.6 is 22.9 Å². The molecule has 114 valence electrons. The second-order valence-electron chi connectivity index (χ2n) is 6.53. The fourth-order valence-electron chi connectivity index (χ4n) is 3.53. The first kappa shape index (κ1) is 14.1. The summed E-state index contributed by atoms with van der Waals surface area (Å²) in [6.45, 7) is 5.84. The van der Waals surface area contributed by atoms with Crippen LogP contribution in [-0.2, 0) is 9.59 Å². The average Bonchev–Trinajstić information content (AvgIpc) is 2.75. The minimum atomic E-state index is -0.293. The number of rotatable bonds is 2. The summed E-state index contributed by atoms with van der Waals surface area (Å²) in [5.41, 5.74) is 0.565. The fraction of sp³-hybridized carbons (Fsp3) is 0.467. The van der Waals surface area contributed by atoms with E-state index in [1.54, 1.807) is 0 Å². The number of nitrogens with zero attached hydrogens (tertiary/aromatic N) is 3. The minimum absolute atomic E-state index is 0.0536. The zero-order valence-electron chi connectivity index (χ0n) is 12.3. The lowest BCUT2D eigenvalue weighted by atomic mass is 10.0. The van der Waals surface area contributed by atoms with Crippen LogP contribution in [0.5, 0.6) is 0 Å². The highest BCUT2D eigenvalue weighted by Crippen LogP contribution is 2.64. The zero-order valence-corrected chi connectivity index (χ0v) is 13.9. The summed E-state index contributed by atoms with van der Waals surface area (Å²) in [7, 11) is 0. The van der Waals surface area contributed by atoms with Gasteiger partial charge >= 0.3 is 0 Å². The number of amides is 2. The van der Waals surface area contributed by atoms with E-state index in [1.807, 2.05) is 26.8 Å². The molecule has 0 aromatic carbocycles. The normalized spacial score (nSPS) is 27.4. The predicted octanol–water partition coefficient (Wildman–Crippen LogP) is 3.05. The molecule has 5 nitrogen and oxygen atoms in total. The molecular weight excluding hydrogens is 322 g/mol. The number of fused-ring (bicyclic) bond motifs is 2. The highest BCUT2D eigenvalue weighted by atomic mass is 35.5. The first-order valence-electron chi connectivity index (χ1n) is 7.11. The summed E-state index contributed by atoms with van der Waals surface area (Å²) in [5.74, 6) is -0.412. The van der Waals surface area contributed by atoms with Gasteiger partial charge in [0, 0.05) is 4.88 Å². The lowest BCUT2D eigenvalue weighted by Crippen LogP contribution is -2.37. The summed E-state index contributed by atoms with van der Waals surface area (Å²) >= 11 is 7.51. The second-order valence-corrected chi connectivity index (χ2v) is 7.97. The van der Waals surface area contributed by atoms with Crippen LogP contribution in [-0.4, -0.2) is 26.7 Å². The lowest BCUT2D eigenvalue weighted by Gasteiger charge is -2.26. The molecule has 1 saturated carbocycles. The molecule has 1 aliphatic carbocycles. The molecule has 2 fully saturated rings. The molecule has 0 spiro atoms. The van der Waals surface area contributed by atoms with Crippen LogP contribution in [0, 0.1) is 17.3 Å². The zero-order chi connectivity index (χ0) is 15.8. The third-order valence-electron chi connectivity index (χ3n) is 4.92. The van der Waals surface area contributed by atoms with Gasteiger partial charge in [-0.05, 0) is 18.4 Å². The number of hydrogen-bond acceptors (Lipinski definition) is 5. The first-order chi connectivity index (χ1) is 10.3. The number of hydrogen-bond donors (Lipinski definition) is 0. The number of likely N-dealkylation sites (tertiary alicyclic amines) is 1. The molecule has 7 heteroatoms. The number of piperidine rings is 1. The van der Waals surface area contributed by atoms with Crippen molar-refractivity contribution in [2.75, 3.05) is 0 Å². The molecule has 2 amide bonds. The standard InChI is InChI=1S/C15H14ClN3O2S/c1-6(8-4-7-11(22-8)12(16)18-5-17-7)19-13(20)9-10(14(19)21)15(9,2)3/h4-6,9-10H,1-3H3. The van der Waals surface area contributed by atoms with E-state index < -0.39 is 0 Å². The van der Waals surface area contributed by atoms with E-state index in [0.29, 0.717) is 5.15 Å². The molecule has 0 radical (unpaired) electrons. The summed E-state index contributed by atoms with van der Waals surface area (Å²) < 4.78 is 0.788. The Morgan fingerprint density at radius 3 is 2.50 bits per heavy atom. The van der Waals surface area contributed by atoms with E-state index in [1.165, 1.54) is 22.6 Å². The largest absolute Gasteiger partial charge is 0.274 e. The molecule has 0 N–H and O–H groups in total. The van der Waals surface area contributed by atoms with Gasteiger partial charge in [-0.2, -0.15) is 0 Å². The summed E-state index contributed by atoms with van der Waals surface area (Å²) in [4.78, 5) is 35.5. The van der Waals surface area contributed by atoms with Crippen LogP contribution in [0.4, 0.5) is 0 Å². The van der Waals surface area contributed by atoms with Crippen LogP contribution in [0.3, 0.4) is 0 Å². The van der Waals surface area contributed by atoms with Crippen LogP contribution in [0.1, 0.15) is 31.7 Å². The molecule has 1 saturated heterocycles. The van der Waals surface area contributed by atoms with Crippen molar-refractivity contribution in [2.45, 2.75) is 26.8 Å². The Bertz CT molecular complexity index is 807. The number of halogens is 1. The van der Waals surface area contributed by atoms with Crippen molar-refractivity contribution < 1.29 is 9.59 Å². The Morgan fingerprint density at radius 2 is 1.91 bits per heavy atom. The molecule has 2 aromatic heterocycles. The van der Waals surface area contributed by atoms with Crippen LogP contribution in [0.2, 0.25) is 5.15 Å². The van der Waals surface area contributed by atoms with E-state index in [4.69, 9.17) is 11.6 Å². The van der Waals surface area contributed by atoms with E-state index in [2.05, 4.69) is 9.97 Å². The van der Waals surface area contributed by atoms with Gasteiger partial charge in [-0.15, -0.1) is 11.3 Å². The first-order valence-corrected chi connectivity index (χ1v) is 8.30. The smallest absolute Gasteiger partial charge is 0.234 e. The Kier molecular flexibility index (Phi) is 2.73. The van der Waals surface area contributed by atoms with Gasteiger partial charge in [0.2, 0.25) is 11.8 Å². The molecule has 1 aliphatic heterocycles. The van der Waals surface area contributed by atoms with Crippen molar-refractivity contribution in [2.24, 2.45) is 17.3 Å². The number of thiophene rings is 1. The van der Waals surface area contributed by atoms with Gasteiger partial charge in [0.05, 0.1) is 28.1 Å². The summed E-state index contributed by atoms with van der Waals surface area (Å²) in [6.07, 6.45) is 1.41. The third-order valence-corrected chi connectivity index (χ3v) is 6.62. The molecule has 4 rings (SSSR count). The van der Waals surface area contributed by atoms with Crippen molar-refractivity contribution in [1.29, 1.82) is 0 Å². The molecule has 2 aromatic rings. The van der Waals surface area contributed by atoms with Gasteiger partial charge < -0.3 is 0 Å². The van der Waals surface area contributed by atoms with Gasteiger partial charge in [0.1, 0.15) is 11.5 Å². The van der Waals surface area contributed by atoms with Crippen molar-refractivity contribution >= 4 is 45.0 Å². The maximum absolute atomic E-state index is 12.5. The van der Waals surface area contributed by atoms with Gasteiger partial charge in [-0.3, -0.25) is 14.5 Å². The molecule has 3 unspecified atom stereocenters. The predicted molar refractivity (Wildman–Crippen MR) is 83.5 cm³/mol. The summed E-state index contributed by atoms with van der Waals surface area (Å²) in [5, 5.41) is 0.400. The SMILES string of the molecule is CC(c1cc2ncnc(Cl)c2s1)N1C(=O)C2C(C1=O)C2(C)C. The molecular formula is C15H14ClN3O2S. The van der Waals surface area contributed by atoms with Crippen molar-refractivity contribution in [3.8, 4) is 0 Å². The Morgan fingerprint density at radius 1 is 1.27 bits per heavy atom. The number of carbonyl (C=O) groups excluding carboxylic acids is 2. The van der Waals surface area contributed by atoms with E-state index in [-0.39, 0.29) is 35.1 Å². The Balaban J connectivity index is 1.70. The van der Waals surface area contributed by atoms with E-state index in [0.717, 1.165) is 15.1 Å². The minimum Gasteiger partial charge on any atom is -0.274 e. The maximum atomic E-state index is 12.5. The fourth-order valence-corrected chi connectivity index (χ4v) is 4.82. The topological polar surface area (TPSA) is 63.2 Å². The number of aromatic nitrogens is 2. The Labute approximate surface area is 136 Å². The van der Waals surface area contributed by atoms with Gasteiger partial charge in [0.15, 0.2) is 0 Å². The summed E-state index contributed by atoms with van der Waals surface area (Å²) in [6, 6.07) is 1.59. The maximum Gasteiger partial charge on any atom is 0.234 e. The van der Waals surface area contributed by atoms with Gasteiger partial charge in [0.25, 0.3) is 0 Å². The van der Waals surface area contributed by atoms with E-state index in [9.17, 15) is 9.59 Å². The lowest BCUT2D eigenvalue weighted by molar-refractivity contribution is -0.145. The average molecular weight is 336 g/mol. The van der Waals surface area contributed by atoms with E-state index >= 15 is 0 Å². The quantitative estimate of drug-likeness (QED) is 0.625.